The molecule has 6 nitrogen and oxygen atoms in total. The third-order valence-electron chi connectivity index (χ3n) is 4.22. The molecule has 1 N–H and O–H groups in total. The van der Waals surface area contributed by atoms with Crippen molar-refractivity contribution in [2.75, 3.05) is 5.75 Å². The number of dihydropyridines is 1. The standard InChI is InChI=1S/C19H21N3O3S/c1-4-5-10-26-19-15(11-20)18(17(13(3)23)12(2)21-19)14-8-6-7-9-16(14)22(24)25/h6-9,18,21H,4-5,10H2,1-3H3/t18-/m1/s1. The Balaban J connectivity index is 2.65. The third kappa shape index (κ3) is 3.97. The summed E-state index contributed by atoms with van der Waals surface area (Å²) < 4.78 is 0. The highest BCUT2D eigenvalue weighted by atomic mass is 32.2. The smallest absolute Gasteiger partial charge is 0.273 e. The van der Waals surface area contributed by atoms with Crippen LogP contribution in [0, 0.1) is 21.4 Å². The summed E-state index contributed by atoms with van der Waals surface area (Å²) in [6.07, 6.45) is 2.02. The highest BCUT2D eigenvalue weighted by Crippen LogP contribution is 2.43. The van der Waals surface area contributed by atoms with Crippen molar-refractivity contribution in [3.8, 4) is 6.07 Å². The maximum atomic E-state index is 12.3. The Morgan fingerprint density at radius 3 is 2.69 bits per heavy atom. The quantitative estimate of drug-likeness (QED) is 0.433. The van der Waals surface area contributed by atoms with Crippen molar-refractivity contribution < 1.29 is 9.72 Å². The zero-order valence-corrected chi connectivity index (χ0v) is 15.9. The van der Waals surface area contributed by atoms with Crippen LogP contribution in [-0.4, -0.2) is 16.5 Å². The molecule has 0 radical (unpaired) electrons. The lowest BCUT2D eigenvalue weighted by Crippen LogP contribution is -2.27. The Kier molecular flexibility index (Phi) is 6.58. The van der Waals surface area contributed by atoms with E-state index in [2.05, 4.69) is 18.3 Å². The summed E-state index contributed by atoms with van der Waals surface area (Å²) in [4.78, 5) is 23.3. The molecule has 0 aliphatic carbocycles. The molecule has 0 bridgehead atoms. The number of carbonyl (C=O) groups excluding carboxylic acids is 1. The molecule has 1 aromatic rings. The molecule has 2 rings (SSSR count). The summed E-state index contributed by atoms with van der Waals surface area (Å²) in [5.41, 5.74) is 1.68. The second-order valence-electron chi connectivity index (χ2n) is 6.03. The van der Waals surface area contributed by atoms with E-state index in [9.17, 15) is 20.2 Å². The molecule has 0 saturated carbocycles. The Hall–Kier alpha value is -2.59. The number of unbranched alkanes of at least 4 members (excludes halogenated alkanes) is 1. The largest absolute Gasteiger partial charge is 0.353 e. The molecule has 0 spiro atoms. The predicted molar refractivity (Wildman–Crippen MR) is 102 cm³/mol. The van der Waals surface area contributed by atoms with Gasteiger partial charge in [0.25, 0.3) is 5.69 Å². The van der Waals surface area contributed by atoms with Crippen LogP contribution in [0.2, 0.25) is 0 Å². The van der Waals surface area contributed by atoms with Gasteiger partial charge in [-0.2, -0.15) is 5.26 Å². The van der Waals surface area contributed by atoms with Gasteiger partial charge in [-0.1, -0.05) is 31.5 Å². The highest BCUT2D eigenvalue weighted by molar-refractivity contribution is 8.03. The molecular formula is C19H21N3O3S. The molecular weight excluding hydrogens is 350 g/mol. The minimum absolute atomic E-state index is 0.0865. The van der Waals surface area contributed by atoms with E-state index in [4.69, 9.17) is 0 Å². The Labute approximate surface area is 157 Å². The SMILES string of the molecule is CCCCSC1=C(C#N)[C@@H](c2ccccc2[N+](=O)[O-])C(C(C)=O)=C(C)N1. The molecule has 0 fully saturated rings. The van der Waals surface area contributed by atoms with E-state index < -0.39 is 10.8 Å². The number of nitrogens with zero attached hydrogens (tertiary/aromatic N) is 2. The van der Waals surface area contributed by atoms with Gasteiger partial charge in [-0.25, -0.2) is 0 Å². The van der Waals surface area contributed by atoms with Crippen LogP contribution in [0.3, 0.4) is 0 Å². The van der Waals surface area contributed by atoms with Crippen molar-refractivity contribution in [2.24, 2.45) is 0 Å². The number of ketones is 1. The van der Waals surface area contributed by atoms with Gasteiger partial charge in [0.15, 0.2) is 5.78 Å². The number of rotatable bonds is 7. The maximum Gasteiger partial charge on any atom is 0.273 e. The van der Waals surface area contributed by atoms with Crippen molar-refractivity contribution >= 4 is 23.2 Å². The van der Waals surface area contributed by atoms with E-state index >= 15 is 0 Å². The van der Waals surface area contributed by atoms with E-state index in [1.807, 2.05) is 0 Å². The molecule has 0 saturated heterocycles. The van der Waals surface area contributed by atoms with Gasteiger partial charge in [-0.3, -0.25) is 14.9 Å². The summed E-state index contributed by atoms with van der Waals surface area (Å²) in [5.74, 6) is -0.107. The van der Waals surface area contributed by atoms with Gasteiger partial charge >= 0.3 is 0 Å². The topological polar surface area (TPSA) is 96.0 Å². The summed E-state index contributed by atoms with van der Waals surface area (Å²) in [6, 6.07) is 8.49. The zero-order chi connectivity index (χ0) is 19.3. The Bertz CT molecular complexity index is 837. The number of nitriles is 1. The first-order chi connectivity index (χ1) is 12.4. The Morgan fingerprint density at radius 1 is 1.42 bits per heavy atom. The van der Waals surface area contributed by atoms with E-state index in [0.29, 0.717) is 27.4 Å². The highest BCUT2D eigenvalue weighted by Gasteiger charge is 2.36. The van der Waals surface area contributed by atoms with Gasteiger partial charge in [0.2, 0.25) is 0 Å². The van der Waals surface area contributed by atoms with E-state index in [1.54, 1.807) is 25.1 Å². The lowest BCUT2D eigenvalue weighted by molar-refractivity contribution is -0.385. The minimum atomic E-state index is -0.732. The van der Waals surface area contributed by atoms with Gasteiger partial charge < -0.3 is 5.32 Å². The van der Waals surface area contributed by atoms with Crippen molar-refractivity contribution in [1.29, 1.82) is 5.26 Å². The summed E-state index contributed by atoms with van der Waals surface area (Å²) in [7, 11) is 0. The number of nitro groups is 1. The zero-order valence-electron chi connectivity index (χ0n) is 15.0. The number of benzene rings is 1. The molecule has 1 aromatic carbocycles. The van der Waals surface area contributed by atoms with Crippen molar-refractivity contribution in [3.63, 3.8) is 0 Å². The van der Waals surface area contributed by atoms with Crippen LogP contribution < -0.4 is 5.32 Å². The fraction of sp³-hybridized carbons (Fsp3) is 0.368. The van der Waals surface area contributed by atoms with Crippen LogP contribution in [0.25, 0.3) is 0 Å². The Morgan fingerprint density at radius 2 is 2.12 bits per heavy atom. The monoisotopic (exact) mass is 371 g/mol. The lowest BCUT2D eigenvalue weighted by Gasteiger charge is -2.29. The molecule has 0 unspecified atom stereocenters. The van der Waals surface area contributed by atoms with Gasteiger partial charge in [0.05, 0.1) is 27.5 Å². The molecule has 1 atom stereocenters. The van der Waals surface area contributed by atoms with E-state index in [-0.39, 0.29) is 11.5 Å². The number of hydrogen-bond acceptors (Lipinski definition) is 6. The first-order valence-corrected chi connectivity index (χ1v) is 9.40. The first-order valence-electron chi connectivity index (χ1n) is 8.41. The maximum absolute atomic E-state index is 12.3. The van der Waals surface area contributed by atoms with Crippen LogP contribution in [0.15, 0.2) is 46.1 Å². The van der Waals surface area contributed by atoms with Gasteiger partial charge in [-0.05, 0) is 26.0 Å². The number of hydrogen-bond donors (Lipinski definition) is 1. The average Bonchev–Trinajstić information content (AvgIpc) is 2.61. The predicted octanol–water partition coefficient (Wildman–Crippen LogP) is 4.41. The molecule has 7 heteroatoms. The number of thioether (sulfide) groups is 1. The third-order valence-corrected chi connectivity index (χ3v) is 5.32. The van der Waals surface area contributed by atoms with Gasteiger partial charge in [-0.15, -0.1) is 11.8 Å². The molecule has 0 amide bonds. The molecule has 136 valence electrons. The summed E-state index contributed by atoms with van der Waals surface area (Å²) >= 11 is 1.52. The van der Waals surface area contributed by atoms with Crippen LogP contribution in [0.4, 0.5) is 5.69 Å². The van der Waals surface area contributed by atoms with Crippen molar-refractivity contribution in [2.45, 2.75) is 39.5 Å². The van der Waals surface area contributed by atoms with Crippen LogP contribution in [-0.2, 0) is 4.79 Å². The number of Topliss-reactive ketones (excluding diaryl/α,β-unsaturated/α-hetero) is 1. The summed E-state index contributed by atoms with van der Waals surface area (Å²) in [5, 5.41) is 25.1. The molecule has 1 aliphatic heterocycles. The first kappa shape index (κ1) is 19.7. The van der Waals surface area contributed by atoms with Crippen molar-refractivity contribution in [1.82, 2.24) is 5.32 Å². The number of carbonyl (C=O) groups is 1. The fourth-order valence-corrected chi connectivity index (χ4v) is 4.20. The van der Waals surface area contributed by atoms with Crippen molar-refractivity contribution in [3.05, 3.63) is 61.8 Å². The van der Waals surface area contributed by atoms with E-state index in [1.165, 1.54) is 24.8 Å². The number of nitrogens with one attached hydrogen (secondary N) is 1. The van der Waals surface area contributed by atoms with Gasteiger partial charge in [0, 0.05) is 22.9 Å². The summed E-state index contributed by atoms with van der Waals surface area (Å²) in [6.45, 7) is 5.28. The average molecular weight is 371 g/mol. The van der Waals surface area contributed by atoms with Gasteiger partial charge in [0.1, 0.15) is 0 Å². The molecule has 1 aliphatic rings. The molecule has 0 aromatic heterocycles. The molecule has 26 heavy (non-hydrogen) atoms. The number of allylic oxidation sites excluding steroid dienone is 3. The van der Waals surface area contributed by atoms with E-state index in [0.717, 1.165) is 18.6 Å². The second kappa shape index (κ2) is 8.68. The van der Waals surface area contributed by atoms with Crippen LogP contribution in [0.5, 0.6) is 0 Å². The number of para-hydroxylation sites is 1. The lowest BCUT2D eigenvalue weighted by atomic mass is 9.80. The van der Waals surface area contributed by atoms with Crippen LogP contribution in [0.1, 0.15) is 45.1 Å². The fourth-order valence-electron chi connectivity index (χ4n) is 3.02. The normalized spacial score (nSPS) is 16.9. The minimum Gasteiger partial charge on any atom is -0.353 e. The second-order valence-corrected chi connectivity index (χ2v) is 7.13. The number of nitro benzene ring substituents is 1. The van der Waals surface area contributed by atoms with Crippen LogP contribution >= 0.6 is 11.8 Å². The molecule has 1 heterocycles.